The zero-order valence-electron chi connectivity index (χ0n) is 9.99. The molecule has 0 saturated carbocycles. The second kappa shape index (κ2) is 4.78. The van der Waals surface area contributed by atoms with Crippen LogP contribution >= 0.6 is 0 Å². The minimum Gasteiger partial charge on any atom is -0.340 e. The van der Waals surface area contributed by atoms with Crippen LogP contribution in [0.25, 0.3) is 0 Å². The molecule has 17 heavy (non-hydrogen) atoms. The van der Waals surface area contributed by atoms with Gasteiger partial charge in [0.25, 0.3) is 0 Å². The Hall–Kier alpha value is -2.16. The van der Waals surface area contributed by atoms with Crippen molar-refractivity contribution in [1.82, 2.24) is 4.98 Å². The smallest absolute Gasteiger partial charge is 0.131 e. The topological polar surface area (TPSA) is 48.8 Å². The average Bonchev–Trinajstić information content (AvgIpc) is 2.33. The monoisotopic (exact) mass is 225 g/mol. The lowest BCUT2D eigenvalue weighted by Crippen LogP contribution is -2.12. The van der Waals surface area contributed by atoms with Crippen molar-refractivity contribution in [3.63, 3.8) is 0 Å². The Morgan fingerprint density at radius 1 is 1.06 bits per heavy atom. The van der Waals surface area contributed by atoms with Crippen molar-refractivity contribution in [3.8, 4) is 0 Å². The van der Waals surface area contributed by atoms with Crippen LogP contribution in [0.2, 0.25) is 0 Å². The molecule has 0 atom stereocenters. The van der Waals surface area contributed by atoms with Crippen LogP contribution in [0.15, 0.2) is 42.6 Å². The Morgan fingerprint density at radius 2 is 1.76 bits per heavy atom. The molecule has 2 aromatic rings. The fourth-order valence-corrected chi connectivity index (χ4v) is 1.47. The second-order valence-electron chi connectivity index (χ2n) is 4.05. The van der Waals surface area contributed by atoms with Gasteiger partial charge in [-0.05, 0) is 38.1 Å². The maximum Gasteiger partial charge on any atom is 0.131 e. The van der Waals surface area contributed by atoms with Crippen molar-refractivity contribution >= 4 is 11.5 Å². The number of hydrogen-bond acceptors (Lipinski definition) is 2. The van der Waals surface area contributed by atoms with E-state index in [1.54, 1.807) is 6.20 Å². The predicted molar refractivity (Wildman–Crippen MR) is 70.6 cm³/mol. The Kier molecular flexibility index (Phi) is 3.19. The summed E-state index contributed by atoms with van der Waals surface area (Å²) in [7, 11) is 0. The normalized spacial score (nSPS) is 10.0. The summed E-state index contributed by atoms with van der Waals surface area (Å²) in [5.74, 6) is 0.362. The molecular formula is C14H15N3. The Morgan fingerprint density at radius 3 is 2.35 bits per heavy atom. The minimum atomic E-state index is 0.362. The highest BCUT2D eigenvalue weighted by Crippen LogP contribution is 2.10. The molecule has 0 aliphatic carbocycles. The second-order valence-corrected chi connectivity index (χ2v) is 4.05. The number of nitrogens with zero attached hydrogens (tertiary/aromatic N) is 1. The molecule has 0 spiro atoms. The van der Waals surface area contributed by atoms with Gasteiger partial charge in [0, 0.05) is 23.1 Å². The summed E-state index contributed by atoms with van der Waals surface area (Å²) < 4.78 is 0. The number of pyridine rings is 1. The number of aromatic nitrogens is 1. The molecule has 2 N–H and O–H groups in total. The van der Waals surface area contributed by atoms with Crippen LogP contribution in [-0.2, 0) is 0 Å². The summed E-state index contributed by atoms with van der Waals surface area (Å²) in [6.45, 7) is 3.97. The molecule has 2 rings (SSSR count). The molecule has 0 aliphatic rings. The molecular weight excluding hydrogens is 210 g/mol. The highest BCUT2D eigenvalue weighted by Gasteiger charge is 2.01. The van der Waals surface area contributed by atoms with Gasteiger partial charge in [-0.3, -0.25) is 10.4 Å². The van der Waals surface area contributed by atoms with Crippen molar-refractivity contribution in [2.24, 2.45) is 0 Å². The maximum atomic E-state index is 7.94. The van der Waals surface area contributed by atoms with E-state index >= 15 is 0 Å². The molecule has 3 heteroatoms. The first-order valence-corrected chi connectivity index (χ1v) is 5.50. The zero-order valence-corrected chi connectivity index (χ0v) is 9.99. The standard InChI is InChI=1S/C14H15N3/c1-10-3-7-13(8-4-10)17-14(15)12-6-5-11(2)16-9-12/h3-9H,1-2H3,(H2,15,17). The molecule has 1 aromatic heterocycles. The van der Waals surface area contributed by atoms with Crippen molar-refractivity contribution in [2.75, 3.05) is 5.32 Å². The van der Waals surface area contributed by atoms with Gasteiger partial charge in [0.1, 0.15) is 5.84 Å². The SMILES string of the molecule is Cc1ccc(NC(=N)c2ccc(C)nc2)cc1. The third kappa shape index (κ3) is 2.91. The largest absolute Gasteiger partial charge is 0.340 e. The van der Waals surface area contributed by atoms with Gasteiger partial charge < -0.3 is 5.32 Å². The number of nitrogens with one attached hydrogen (secondary N) is 2. The number of amidine groups is 1. The summed E-state index contributed by atoms with van der Waals surface area (Å²) in [6.07, 6.45) is 1.71. The first-order chi connectivity index (χ1) is 8.15. The highest BCUT2D eigenvalue weighted by atomic mass is 14.9. The highest BCUT2D eigenvalue weighted by molar-refractivity contribution is 6.05. The fraction of sp³-hybridized carbons (Fsp3) is 0.143. The maximum absolute atomic E-state index is 7.94. The van der Waals surface area contributed by atoms with Crippen molar-refractivity contribution < 1.29 is 0 Å². The number of benzene rings is 1. The first kappa shape index (κ1) is 11.3. The van der Waals surface area contributed by atoms with Crippen LogP contribution < -0.4 is 5.32 Å². The molecule has 3 nitrogen and oxygen atoms in total. The average molecular weight is 225 g/mol. The Bertz CT molecular complexity index is 512. The summed E-state index contributed by atoms with van der Waals surface area (Å²) >= 11 is 0. The van der Waals surface area contributed by atoms with Gasteiger partial charge in [0.05, 0.1) is 0 Å². The summed E-state index contributed by atoms with van der Waals surface area (Å²) in [4.78, 5) is 4.18. The van der Waals surface area contributed by atoms with Crippen LogP contribution in [-0.4, -0.2) is 10.8 Å². The molecule has 1 aromatic carbocycles. The number of hydrogen-bond donors (Lipinski definition) is 2. The van der Waals surface area contributed by atoms with E-state index in [1.807, 2.05) is 50.2 Å². The van der Waals surface area contributed by atoms with Gasteiger partial charge >= 0.3 is 0 Å². The Balaban J connectivity index is 2.11. The van der Waals surface area contributed by atoms with E-state index in [0.29, 0.717) is 5.84 Å². The molecule has 0 fully saturated rings. The van der Waals surface area contributed by atoms with Crippen LogP contribution in [0.1, 0.15) is 16.8 Å². The molecule has 0 bridgehead atoms. The quantitative estimate of drug-likeness (QED) is 0.609. The lowest BCUT2D eigenvalue weighted by molar-refractivity contribution is 1.19. The van der Waals surface area contributed by atoms with Crippen molar-refractivity contribution in [1.29, 1.82) is 5.41 Å². The third-order valence-electron chi connectivity index (χ3n) is 2.52. The van der Waals surface area contributed by atoms with E-state index in [0.717, 1.165) is 16.9 Å². The first-order valence-electron chi connectivity index (χ1n) is 5.50. The van der Waals surface area contributed by atoms with Gasteiger partial charge in [-0.25, -0.2) is 0 Å². The third-order valence-corrected chi connectivity index (χ3v) is 2.52. The number of rotatable bonds is 2. The van der Waals surface area contributed by atoms with Crippen molar-refractivity contribution in [2.45, 2.75) is 13.8 Å². The summed E-state index contributed by atoms with van der Waals surface area (Å²) in [5.41, 5.74) is 3.87. The summed E-state index contributed by atoms with van der Waals surface area (Å²) in [5, 5.41) is 11.0. The number of anilines is 1. The van der Waals surface area contributed by atoms with Gasteiger partial charge in [-0.1, -0.05) is 17.7 Å². The van der Waals surface area contributed by atoms with Gasteiger partial charge in [0.15, 0.2) is 0 Å². The van der Waals surface area contributed by atoms with E-state index < -0.39 is 0 Å². The van der Waals surface area contributed by atoms with E-state index in [2.05, 4.69) is 10.3 Å². The van der Waals surface area contributed by atoms with Gasteiger partial charge in [-0.15, -0.1) is 0 Å². The van der Waals surface area contributed by atoms with Crippen molar-refractivity contribution in [3.05, 3.63) is 59.4 Å². The van der Waals surface area contributed by atoms with Crippen LogP contribution in [0.5, 0.6) is 0 Å². The van der Waals surface area contributed by atoms with Gasteiger partial charge in [0.2, 0.25) is 0 Å². The lowest BCUT2D eigenvalue weighted by Gasteiger charge is -2.08. The molecule has 0 saturated heterocycles. The summed E-state index contributed by atoms with van der Waals surface area (Å²) in [6, 6.07) is 11.8. The predicted octanol–water partition coefficient (Wildman–Crippen LogP) is 3.14. The molecule has 0 amide bonds. The molecule has 0 radical (unpaired) electrons. The lowest BCUT2D eigenvalue weighted by atomic mass is 10.2. The van der Waals surface area contributed by atoms with E-state index in [9.17, 15) is 0 Å². The number of aryl methyl sites for hydroxylation is 2. The van der Waals surface area contributed by atoms with Crippen LogP contribution in [0.3, 0.4) is 0 Å². The molecule has 0 aliphatic heterocycles. The minimum absolute atomic E-state index is 0.362. The molecule has 86 valence electrons. The van der Waals surface area contributed by atoms with E-state index in [-0.39, 0.29) is 0 Å². The molecule has 1 heterocycles. The van der Waals surface area contributed by atoms with Crippen LogP contribution in [0, 0.1) is 19.3 Å². The zero-order chi connectivity index (χ0) is 12.3. The van der Waals surface area contributed by atoms with Gasteiger partial charge in [-0.2, -0.15) is 0 Å². The van der Waals surface area contributed by atoms with E-state index in [1.165, 1.54) is 5.56 Å². The van der Waals surface area contributed by atoms with Crippen LogP contribution in [0.4, 0.5) is 5.69 Å². The molecule has 0 unspecified atom stereocenters. The Labute approximate surface area is 101 Å². The fourth-order valence-electron chi connectivity index (χ4n) is 1.47. The van der Waals surface area contributed by atoms with E-state index in [4.69, 9.17) is 5.41 Å².